The second-order valence-corrected chi connectivity index (χ2v) is 6.58. The van der Waals surface area contributed by atoms with Crippen LogP contribution in [0.1, 0.15) is 0 Å². The Balaban J connectivity index is 1.66. The Bertz CT molecular complexity index is 849. The van der Waals surface area contributed by atoms with Crippen molar-refractivity contribution in [3.8, 4) is 5.75 Å². The summed E-state index contributed by atoms with van der Waals surface area (Å²) in [5, 5.41) is 1.44. The zero-order valence-corrected chi connectivity index (χ0v) is 14.4. The van der Waals surface area contributed by atoms with E-state index in [2.05, 4.69) is 4.98 Å². The number of primary amides is 1. The van der Waals surface area contributed by atoms with Gasteiger partial charge >= 0.3 is 0 Å². The highest BCUT2D eigenvalue weighted by atomic mass is 35.5. The van der Waals surface area contributed by atoms with Crippen molar-refractivity contribution in [2.75, 3.05) is 12.4 Å². The van der Waals surface area contributed by atoms with Crippen LogP contribution in [-0.2, 0) is 11.3 Å². The first-order valence-electron chi connectivity index (χ1n) is 7.38. The molecule has 0 aliphatic rings. The van der Waals surface area contributed by atoms with Crippen LogP contribution in [-0.4, -0.2) is 27.8 Å². The third-order valence-corrected chi connectivity index (χ3v) is 4.52. The lowest BCUT2D eigenvalue weighted by molar-refractivity contribution is -0.118. The van der Waals surface area contributed by atoms with Gasteiger partial charge in [0.05, 0.1) is 17.6 Å². The monoisotopic (exact) mass is 361 g/mol. The summed E-state index contributed by atoms with van der Waals surface area (Å²) in [4.78, 5) is 15.9. The number of amides is 1. The van der Waals surface area contributed by atoms with E-state index < -0.39 is 5.91 Å². The first-order valence-corrected chi connectivity index (χ1v) is 8.74. The maximum atomic E-state index is 11.3. The number of benzene rings is 2. The smallest absolute Gasteiger partial charge is 0.237 e. The van der Waals surface area contributed by atoms with Crippen LogP contribution in [0.5, 0.6) is 5.75 Å². The normalized spacial score (nSPS) is 10.9. The topological polar surface area (TPSA) is 70.1 Å². The van der Waals surface area contributed by atoms with Crippen LogP contribution in [0.25, 0.3) is 11.0 Å². The summed E-state index contributed by atoms with van der Waals surface area (Å²) < 4.78 is 7.51. The minimum atomic E-state index is -0.391. The van der Waals surface area contributed by atoms with Gasteiger partial charge in [-0.2, -0.15) is 0 Å². The molecule has 0 spiro atoms. The zero-order chi connectivity index (χ0) is 16.9. The van der Waals surface area contributed by atoms with E-state index in [9.17, 15) is 4.79 Å². The van der Waals surface area contributed by atoms with Crippen LogP contribution in [0.2, 0.25) is 5.02 Å². The summed E-state index contributed by atoms with van der Waals surface area (Å²) in [7, 11) is 0. The molecule has 3 aromatic rings. The first kappa shape index (κ1) is 16.7. The van der Waals surface area contributed by atoms with Gasteiger partial charge in [-0.05, 0) is 36.4 Å². The van der Waals surface area contributed by atoms with Crippen LogP contribution in [0, 0.1) is 0 Å². The van der Waals surface area contributed by atoms with Gasteiger partial charge in [0.25, 0.3) is 0 Å². The van der Waals surface area contributed by atoms with E-state index in [-0.39, 0.29) is 6.54 Å². The number of nitrogens with zero attached hydrogens (tertiary/aromatic N) is 2. The molecular formula is C17H16ClN3O2S. The highest BCUT2D eigenvalue weighted by molar-refractivity contribution is 7.99. The average molecular weight is 362 g/mol. The molecule has 0 aliphatic carbocycles. The van der Waals surface area contributed by atoms with Crippen molar-refractivity contribution in [2.45, 2.75) is 11.7 Å². The summed E-state index contributed by atoms with van der Waals surface area (Å²) in [6.45, 7) is 0.632. The molecule has 0 fully saturated rings. The molecule has 1 amide bonds. The van der Waals surface area contributed by atoms with Gasteiger partial charge in [0.1, 0.15) is 12.3 Å². The summed E-state index contributed by atoms with van der Waals surface area (Å²) in [6.07, 6.45) is 0. The van der Waals surface area contributed by atoms with Gasteiger partial charge in [-0.15, -0.1) is 0 Å². The summed E-state index contributed by atoms with van der Waals surface area (Å²) >= 11 is 7.37. The number of aromatic nitrogens is 2. The molecule has 1 heterocycles. The number of hydrogen-bond donors (Lipinski definition) is 1. The molecule has 3 rings (SSSR count). The Morgan fingerprint density at radius 1 is 1.21 bits per heavy atom. The Kier molecular flexibility index (Phi) is 5.27. The van der Waals surface area contributed by atoms with Gasteiger partial charge < -0.3 is 15.0 Å². The van der Waals surface area contributed by atoms with Crippen molar-refractivity contribution >= 4 is 40.3 Å². The predicted octanol–water partition coefficient (Wildman–Crippen LogP) is 3.35. The van der Waals surface area contributed by atoms with E-state index in [4.69, 9.17) is 22.1 Å². The molecule has 0 atom stereocenters. The number of carbonyl (C=O) groups is 1. The fraction of sp³-hybridized carbons (Fsp3) is 0.176. The minimum Gasteiger partial charge on any atom is -0.493 e. The van der Waals surface area contributed by atoms with Crippen molar-refractivity contribution in [1.29, 1.82) is 0 Å². The SMILES string of the molecule is NC(=O)Cn1c(SCCOc2ccc(Cl)cc2)nc2ccccc21. The van der Waals surface area contributed by atoms with E-state index in [0.29, 0.717) is 17.4 Å². The molecule has 0 aliphatic heterocycles. The lowest BCUT2D eigenvalue weighted by Gasteiger charge is -2.08. The Morgan fingerprint density at radius 2 is 1.96 bits per heavy atom. The number of hydrogen-bond acceptors (Lipinski definition) is 4. The number of carbonyl (C=O) groups excluding carboxylic acids is 1. The van der Waals surface area contributed by atoms with Gasteiger partial charge in [-0.3, -0.25) is 4.79 Å². The van der Waals surface area contributed by atoms with E-state index >= 15 is 0 Å². The van der Waals surface area contributed by atoms with Crippen LogP contribution < -0.4 is 10.5 Å². The standard InChI is InChI=1S/C17H16ClN3O2S/c18-12-5-7-13(8-6-12)23-9-10-24-17-20-14-3-1-2-4-15(14)21(17)11-16(19)22/h1-8H,9-11H2,(H2,19,22). The molecule has 0 saturated carbocycles. The number of halogens is 1. The molecule has 1 aromatic heterocycles. The molecule has 0 unspecified atom stereocenters. The Labute approximate surface area is 148 Å². The van der Waals surface area contributed by atoms with E-state index in [0.717, 1.165) is 21.9 Å². The predicted molar refractivity (Wildman–Crippen MR) is 96.6 cm³/mol. The number of rotatable bonds is 7. The Morgan fingerprint density at radius 3 is 2.71 bits per heavy atom. The van der Waals surface area contributed by atoms with Crippen LogP contribution in [0.15, 0.2) is 53.7 Å². The second kappa shape index (κ2) is 7.59. The van der Waals surface area contributed by atoms with Gasteiger partial charge in [-0.25, -0.2) is 4.98 Å². The van der Waals surface area contributed by atoms with Crippen LogP contribution >= 0.6 is 23.4 Å². The highest BCUT2D eigenvalue weighted by Crippen LogP contribution is 2.24. The molecule has 2 aromatic carbocycles. The van der Waals surface area contributed by atoms with Crippen molar-refractivity contribution in [3.63, 3.8) is 0 Å². The Hall–Kier alpha value is -2.18. The average Bonchev–Trinajstić information content (AvgIpc) is 2.91. The van der Waals surface area contributed by atoms with Crippen molar-refractivity contribution in [1.82, 2.24) is 9.55 Å². The fourth-order valence-electron chi connectivity index (χ4n) is 2.30. The van der Waals surface area contributed by atoms with Crippen molar-refractivity contribution in [2.24, 2.45) is 5.73 Å². The first-order chi connectivity index (χ1) is 11.6. The lowest BCUT2D eigenvalue weighted by Crippen LogP contribution is -2.19. The third kappa shape index (κ3) is 4.01. The third-order valence-electron chi connectivity index (χ3n) is 3.33. The lowest BCUT2D eigenvalue weighted by atomic mass is 10.3. The summed E-state index contributed by atoms with van der Waals surface area (Å²) in [5.41, 5.74) is 7.10. The van der Waals surface area contributed by atoms with Gasteiger partial charge in [-0.1, -0.05) is 35.5 Å². The quantitative estimate of drug-likeness (QED) is 0.517. The molecule has 0 bridgehead atoms. The summed E-state index contributed by atoms with van der Waals surface area (Å²) in [6, 6.07) is 14.9. The number of fused-ring (bicyclic) bond motifs is 1. The number of ether oxygens (including phenoxy) is 1. The molecule has 7 heteroatoms. The van der Waals surface area contributed by atoms with Crippen LogP contribution in [0.4, 0.5) is 0 Å². The molecule has 124 valence electrons. The molecule has 24 heavy (non-hydrogen) atoms. The number of para-hydroxylation sites is 2. The van der Waals surface area contributed by atoms with Gasteiger partial charge in [0, 0.05) is 10.8 Å². The second-order valence-electron chi connectivity index (χ2n) is 5.09. The molecule has 0 radical (unpaired) electrons. The zero-order valence-electron chi connectivity index (χ0n) is 12.8. The fourth-order valence-corrected chi connectivity index (χ4v) is 3.25. The maximum absolute atomic E-state index is 11.3. The van der Waals surface area contributed by atoms with Crippen LogP contribution in [0.3, 0.4) is 0 Å². The minimum absolute atomic E-state index is 0.112. The molecular weight excluding hydrogens is 346 g/mol. The van der Waals surface area contributed by atoms with Gasteiger partial charge in [0.2, 0.25) is 5.91 Å². The van der Waals surface area contributed by atoms with E-state index in [1.165, 1.54) is 11.8 Å². The molecule has 0 saturated heterocycles. The number of imidazole rings is 1. The number of nitrogens with two attached hydrogens (primary N) is 1. The summed E-state index contributed by atoms with van der Waals surface area (Å²) in [5.74, 6) is 1.08. The molecule has 2 N–H and O–H groups in total. The van der Waals surface area contributed by atoms with Gasteiger partial charge in [0.15, 0.2) is 5.16 Å². The number of thioether (sulfide) groups is 1. The molecule has 5 nitrogen and oxygen atoms in total. The van der Waals surface area contributed by atoms with Crippen molar-refractivity contribution < 1.29 is 9.53 Å². The van der Waals surface area contributed by atoms with E-state index in [1.54, 1.807) is 12.1 Å². The largest absolute Gasteiger partial charge is 0.493 e. The maximum Gasteiger partial charge on any atom is 0.237 e. The highest BCUT2D eigenvalue weighted by Gasteiger charge is 2.12. The van der Waals surface area contributed by atoms with E-state index in [1.807, 2.05) is 41.0 Å². The van der Waals surface area contributed by atoms with Crippen molar-refractivity contribution in [3.05, 3.63) is 53.6 Å².